The van der Waals surface area contributed by atoms with Gasteiger partial charge in [0.25, 0.3) is 0 Å². The van der Waals surface area contributed by atoms with E-state index in [1.807, 2.05) is 13.0 Å². The molecule has 0 spiro atoms. The summed E-state index contributed by atoms with van der Waals surface area (Å²) in [6.07, 6.45) is 3.45. The second-order valence-corrected chi connectivity index (χ2v) is 5.56. The van der Waals surface area contributed by atoms with Crippen molar-refractivity contribution in [2.24, 2.45) is 17.8 Å². The lowest BCUT2D eigenvalue weighted by molar-refractivity contribution is -0.255. The van der Waals surface area contributed by atoms with Crippen molar-refractivity contribution in [3.63, 3.8) is 0 Å². The van der Waals surface area contributed by atoms with Crippen LogP contribution in [-0.2, 0) is 23.8 Å². The molecule has 1 fully saturated rings. The van der Waals surface area contributed by atoms with Crippen molar-refractivity contribution in [3.8, 4) is 0 Å². The Balaban J connectivity index is 2.17. The van der Waals surface area contributed by atoms with E-state index in [-0.39, 0.29) is 23.6 Å². The number of allylic oxidation sites excluding steroid dienone is 2. The van der Waals surface area contributed by atoms with Crippen LogP contribution in [0.3, 0.4) is 0 Å². The first-order valence-electron chi connectivity index (χ1n) is 6.68. The summed E-state index contributed by atoms with van der Waals surface area (Å²) in [5.74, 6) is -1.82. The number of fused-ring (bicyclic) bond motifs is 1. The van der Waals surface area contributed by atoms with E-state index in [0.29, 0.717) is 5.57 Å². The third-order valence-corrected chi connectivity index (χ3v) is 4.63. The molecule has 0 aromatic carbocycles. The minimum atomic E-state index is -1.42. The van der Waals surface area contributed by atoms with Crippen LogP contribution in [0.25, 0.3) is 0 Å². The van der Waals surface area contributed by atoms with Gasteiger partial charge in [-0.05, 0) is 19.9 Å². The molecule has 2 bridgehead atoms. The van der Waals surface area contributed by atoms with Crippen LogP contribution in [0.2, 0.25) is 0 Å². The number of rotatable bonds is 3. The fourth-order valence-electron chi connectivity index (χ4n) is 3.81. The third kappa shape index (κ3) is 1.45. The first kappa shape index (κ1) is 13.5. The van der Waals surface area contributed by atoms with Crippen LogP contribution < -0.4 is 0 Å². The first-order chi connectivity index (χ1) is 9.46. The van der Waals surface area contributed by atoms with E-state index >= 15 is 0 Å². The maximum atomic E-state index is 12.7. The predicted octanol–water partition coefficient (Wildman–Crippen LogP) is 1.24. The van der Waals surface area contributed by atoms with Gasteiger partial charge in [-0.25, -0.2) is 0 Å². The molecular formula is C15H18O5. The predicted molar refractivity (Wildman–Crippen MR) is 69.6 cm³/mol. The Hall–Kier alpha value is -1.46. The minimum absolute atomic E-state index is 0.0333. The van der Waals surface area contributed by atoms with E-state index in [9.17, 15) is 9.59 Å². The van der Waals surface area contributed by atoms with Crippen LogP contribution in [-0.4, -0.2) is 37.7 Å². The van der Waals surface area contributed by atoms with E-state index in [1.165, 1.54) is 21.1 Å². The Kier molecular flexibility index (Phi) is 2.88. The molecule has 4 rings (SSSR count). The number of carbonyl (C=O) groups is 2. The average Bonchev–Trinajstić information content (AvgIpc) is 2.81. The summed E-state index contributed by atoms with van der Waals surface area (Å²) < 4.78 is 16.7. The Morgan fingerprint density at radius 1 is 1.30 bits per heavy atom. The third-order valence-electron chi connectivity index (χ3n) is 4.63. The van der Waals surface area contributed by atoms with Crippen LogP contribution in [0.15, 0.2) is 23.5 Å². The lowest BCUT2D eigenvalue weighted by atomic mass is 9.59. The summed E-state index contributed by atoms with van der Waals surface area (Å²) >= 11 is 0. The number of ether oxygens (including phenoxy) is 3. The van der Waals surface area contributed by atoms with E-state index in [1.54, 1.807) is 6.08 Å². The molecule has 108 valence electrons. The highest BCUT2D eigenvalue weighted by Gasteiger charge is 2.66. The van der Waals surface area contributed by atoms with Gasteiger partial charge in [-0.15, -0.1) is 0 Å². The molecule has 5 nitrogen and oxygen atoms in total. The first-order valence-corrected chi connectivity index (χ1v) is 6.68. The summed E-state index contributed by atoms with van der Waals surface area (Å²) in [4.78, 5) is 24.6. The van der Waals surface area contributed by atoms with Crippen molar-refractivity contribution in [2.45, 2.75) is 25.7 Å². The maximum absolute atomic E-state index is 12.7. The lowest BCUT2D eigenvalue weighted by Gasteiger charge is -2.51. The van der Waals surface area contributed by atoms with Gasteiger partial charge in [-0.2, -0.15) is 0 Å². The number of methoxy groups -OCH3 is 2. The van der Waals surface area contributed by atoms with Gasteiger partial charge < -0.3 is 14.2 Å². The normalized spacial score (nSPS) is 37.1. The standard InChI is InChI=1S/C15H18O5/c1-7-5-10-11-6-9(8(2)16)12(13(10)20-7)15(18-3,19-4)14(11)17/h5-6,10-13H,1-4H3/t10-,11+,12-,13-/m0/s1. The Morgan fingerprint density at radius 2 is 1.95 bits per heavy atom. The monoisotopic (exact) mass is 278 g/mol. The molecular weight excluding hydrogens is 260 g/mol. The van der Waals surface area contributed by atoms with Crippen molar-refractivity contribution in [2.75, 3.05) is 14.2 Å². The molecule has 0 aromatic heterocycles. The number of hydrogen-bond acceptors (Lipinski definition) is 5. The molecule has 1 saturated carbocycles. The van der Waals surface area contributed by atoms with Crippen molar-refractivity contribution < 1.29 is 23.8 Å². The largest absolute Gasteiger partial charge is 0.494 e. The topological polar surface area (TPSA) is 61.8 Å². The van der Waals surface area contributed by atoms with Crippen molar-refractivity contribution in [1.29, 1.82) is 0 Å². The number of hydrogen-bond donors (Lipinski definition) is 0. The summed E-state index contributed by atoms with van der Waals surface area (Å²) in [5.41, 5.74) is 0.572. The average molecular weight is 278 g/mol. The molecule has 1 heterocycles. The van der Waals surface area contributed by atoms with Gasteiger partial charge in [0.05, 0.1) is 17.6 Å². The van der Waals surface area contributed by atoms with Crippen LogP contribution >= 0.6 is 0 Å². The van der Waals surface area contributed by atoms with Crippen molar-refractivity contribution >= 4 is 11.6 Å². The second-order valence-electron chi connectivity index (χ2n) is 5.56. The molecule has 0 saturated heterocycles. The lowest BCUT2D eigenvalue weighted by Crippen LogP contribution is -2.65. The highest BCUT2D eigenvalue weighted by Crippen LogP contribution is 2.54. The molecule has 3 aliphatic carbocycles. The highest BCUT2D eigenvalue weighted by molar-refractivity contribution is 6.02. The Labute approximate surface area is 117 Å². The van der Waals surface area contributed by atoms with E-state index in [0.717, 1.165) is 5.76 Å². The molecule has 0 unspecified atom stereocenters. The molecule has 0 amide bonds. The van der Waals surface area contributed by atoms with Crippen LogP contribution in [0.1, 0.15) is 13.8 Å². The van der Waals surface area contributed by atoms with E-state index < -0.39 is 17.6 Å². The van der Waals surface area contributed by atoms with Gasteiger partial charge in [0.15, 0.2) is 11.6 Å². The van der Waals surface area contributed by atoms with Crippen LogP contribution in [0.4, 0.5) is 0 Å². The molecule has 0 aromatic rings. The zero-order valence-electron chi connectivity index (χ0n) is 12.0. The Morgan fingerprint density at radius 3 is 2.50 bits per heavy atom. The van der Waals surface area contributed by atoms with Gasteiger partial charge in [0.1, 0.15) is 6.10 Å². The number of ketones is 2. The van der Waals surface area contributed by atoms with Gasteiger partial charge >= 0.3 is 0 Å². The smallest absolute Gasteiger partial charge is 0.239 e. The minimum Gasteiger partial charge on any atom is -0.494 e. The number of carbonyl (C=O) groups excluding carboxylic acids is 2. The van der Waals surface area contributed by atoms with Gasteiger partial charge in [0.2, 0.25) is 5.79 Å². The molecule has 5 heteroatoms. The van der Waals surface area contributed by atoms with Crippen molar-refractivity contribution in [3.05, 3.63) is 23.5 Å². The zero-order chi connectivity index (χ0) is 14.7. The zero-order valence-corrected chi connectivity index (χ0v) is 12.0. The molecule has 4 aliphatic rings. The van der Waals surface area contributed by atoms with Crippen LogP contribution in [0, 0.1) is 17.8 Å². The fraction of sp³-hybridized carbons (Fsp3) is 0.600. The van der Waals surface area contributed by atoms with Crippen molar-refractivity contribution in [1.82, 2.24) is 0 Å². The van der Waals surface area contributed by atoms with Gasteiger partial charge in [0, 0.05) is 25.7 Å². The Bertz CT molecular complexity index is 540. The second kappa shape index (κ2) is 4.27. The summed E-state index contributed by atoms with van der Waals surface area (Å²) in [5, 5.41) is 0. The molecule has 20 heavy (non-hydrogen) atoms. The molecule has 0 radical (unpaired) electrons. The van der Waals surface area contributed by atoms with Crippen LogP contribution in [0.5, 0.6) is 0 Å². The summed E-state index contributed by atoms with van der Waals surface area (Å²) in [6, 6.07) is 0. The maximum Gasteiger partial charge on any atom is 0.239 e. The molecule has 1 aliphatic heterocycles. The molecule has 0 N–H and O–H groups in total. The summed E-state index contributed by atoms with van der Waals surface area (Å²) in [6.45, 7) is 3.36. The quantitative estimate of drug-likeness (QED) is 0.727. The SMILES string of the molecule is COC1(OC)C(=O)[C@@H]2C=C(C(C)=O)[C@H]1[C@H]1OC(C)=C[C@H]12. The highest BCUT2D eigenvalue weighted by atomic mass is 16.7. The van der Waals surface area contributed by atoms with E-state index in [4.69, 9.17) is 14.2 Å². The molecule has 4 atom stereocenters. The van der Waals surface area contributed by atoms with E-state index in [2.05, 4.69) is 0 Å². The number of Topliss-reactive ketones (excluding diaryl/α,β-unsaturated/α-hetero) is 2. The van der Waals surface area contributed by atoms with Gasteiger partial charge in [-0.1, -0.05) is 6.08 Å². The summed E-state index contributed by atoms with van der Waals surface area (Å²) in [7, 11) is 2.87. The van der Waals surface area contributed by atoms with Gasteiger partial charge in [-0.3, -0.25) is 9.59 Å². The fourth-order valence-corrected chi connectivity index (χ4v) is 3.81.